The Hall–Kier alpha value is -3.06. The van der Waals surface area contributed by atoms with Crippen LogP contribution in [0.4, 0.5) is 0 Å². The van der Waals surface area contributed by atoms with Gasteiger partial charge in [0.1, 0.15) is 5.56 Å². The van der Waals surface area contributed by atoms with Gasteiger partial charge in [-0.2, -0.15) is 0 Å². The van der Waals surface area contributed by atoms with Crippen LogP contribution in [-0.4, -0.2) is 33.5 Å². The van der Waals surface area contributed by atoms with Crippen LogP contribution >= 0.6 is 0 Å². The first-order chi connectivity index (χ1) is 13.7. The molecule has 3 heterocycles. The summed E-state index contributed by atoms with van der Waals surface area (Å²) in [5, 5.41) is 2.77. The van der Waals surface area contributed by atoms with Crippen LogP contribution in [0.25, 0.3) is 5.78 Å². The second kappa shape index (κ2) is 8.31. The van der Waals surface area contributed by atoms with Crippen molar-refractivity contribution in [2.24, 2.45) is 5.92 Å². The average molecular weight is 378 g/mol. The van der Waals surface area contributed by atoms with Gasteiger partial charge in [-0.3, -0.25) is 14.0 Å². The molecule has 7 nitrogen and oxygen atoms in total. The summed E-state index contributed by atoms with van der Waals surface area (Å²) in [4.78, 5) is 33.8. The van der Waals surface area contributed by atoms with Crippen molar-refractivity contribution in [3.05, 3.63) is 76.0 Å². The summed E-state index contributed by atoms with van der Waals surface area (Å²) >= 11 is 0. The maximum atomic E-state index is 12.8. The molecule has 1 amide bonds. The first kappa shape index (κ1) is 18.3. The van der Waals surface area contributed by atoms with Gasteiger partial charge in [0.15, 0.2) is 0 Å². The predicted octanol–water partition coefficient (Wildman–Crippen LogP) is 1.99. The van der Waals surface area contributed by atoms with Gasteiger partial charge in [0.2, 0.25) is 5.78 Å². The molecule has 1 N–H and O–H groups in total. The lowest BCUT2D eigenvalue weighted by atomic mass is 9.94. The molecule has 0 radical (unpaired) electrons. The lowest BCUT2D eigenvalue weighted by Gasteiger charge is -2.21. The molecule has 0 bridgehead atoms. The van der Waals surface area contributed by atoms with Crippen molar-refractivity contribution in [3.8, 4) is 0 Å². The molecule has 2 aromatic heterocycles. The number of carbonyl (C=O) groups is 1. The Balaban J connectivity index is 1.54. The third-order valence-corrected chi connectivity index (χ3v) is 5.02. The van der Waals surface area contributed by atoms with Gasteiger partial charge < -0.3 is 10.1 Å². The van der Waals surface area contributed by atoms with Crippen molar-refractivity contribution >= 4 is 11.7 Å². The van der Waals surface area contributed by atoms with E-state index in [1.54, 1.807) is 12.4 Å². The Morgan fingerprint density at radius 1 is 1.11 bits per heavy atom. The number of nitrogens with zero attached hydrogens (tertiary/aromatic N) is 3. The molecule has 3 aromatic rings. The Labute approximate surface area is 162 Å². The summed E-state index contributed by atoms with van der Waals surface area (Å²) < 4.78 is 6.77. The predicted molar refractivity (Wildman–Crippen MR) is 104 cm³/mol. The molecule has 28 heavy (non-hydrogen) atoms. The highest BCUT2D eigenvalue weighted by Gasteiger charge is 2.17. The molecule has 1 saturated heterocycles. The van der Waals surface area contributed by atoms with Crippen molar-refractivity contribution in [2.45, 2.75) is 25.8 Å². The second-order valence-electron chi connectivity index (χ2n) is 7.04. The minimum absolute atomic E-state index is 0.0125. The van der Waals surface area contributed by atoms with Crippen LogP contribution in [-0.2, 0) is 17.7 Å². The highest BCUT2D eigenvalue weighted by atomic mass is 16.5. The van der Waals surface area contributed by atoms with Gasteiger partial charge in [0.05, 0.1) is 0 Å². The van der Waals surface area contributed by atoms with Crippen molar-refractivity contribution < 1.29 is 9.53 Å². The van der Waals surface area contributed by atoms with Gasteiger partial charge in [0, 0.05) is 38.3 Å². The first-order valence-electron chi connectivity index (χ1n) is 9.47. The first-order valence-corrected chi connectivity index (χ1v) is 9.47. The fraction of sp³-hybridized carbons (Fsp3) is 0.333. The minimum Gasteiger partial charge on any atom is -0.381 e. The highest BCUT2D eigenvalue weighted by molar-refractivity contribution is 5.93. The zero-order valence-electron chi connectivity index (χ0n) is 15.5. The van der Waals surface area contributed by atoms with E-state index in [-0.39, 0.29) is 5.56 Å². The Morgan fingerprint density at radius 3 is 2.64 bits per heavy atom. The molecule has 0 atom stereocenters. The van der Waals surface area contributed by atoms with Crippen LogP contribution in [0.1, 0.15) is 34.3 Å². The topological polar surface area (TPSA) is 85.6 Å². The summed E-state index contributed by atoms with van der Waals surface area (Å²) in [6.45, 7) is 1.90. The maximum absolute atomic E-state index is 12.8. The molecule has 0 spiro atoms. The summed E-state index contributed by atoms with van der Waals surface area (Å²) in [6, 6.07) is 9.55. The number of ether oxygens (including phenoxy) is 1. The Bertz CT molecular complexity index is 1030. The SMILES string of the molecule is O=C(NCc1ccccc1)c1cnc2ncc(CC3CCOCC3)cn2c1=O. The molecule has 0 unspecified atom stereocenters. The van der Waals surface area contributed by atoms with E-state index in [9.17, 15) is 9.59 Å². The fourth-order valence-corrected chi connectivity index (χ4v) is 3.43. The largest absolute Gasteiger partial charge is 0.381 e. The Kier molecular flexibility index (Phi) is 5.43. The zero-order valence-corrected chi connectivity index (χ0v) is 15.5. The molecule has 7 heteroatoms. The number of aromatic nitrogens is 3. The van der Waals surface area contributed by atoms with Gasteiger partial charge in [-0.15, -0.1) is 0 Å². The van der Waals surface area contributed by atoms with E-state index >= 15 is 0 Å². The summed E-state index contributed by atoms with van der Waals surface area (Å²) in [7, 11) is 0. The molecular weight excluding hydrogens is 356 g/mol. The standard InChI is InChI=1S/C21H22N4O3/c26-19(22-11-16-4-2-1-3-5-16)18-13-24-21-23-12-17(14-25(21)20(18)27)10-15-6-8-28-9-7-15/h1-5,12-15H,6-11H2,(H,22,26). The van der Waals surface area contributed by atoms with E-state index in [0.29, 0.717) is 18.2 Å². The maximum Gasteiger partial charge on any atom is 0.271 e. The number of nitrogens with one attached hydrogen (secondary N) is 1. The van der Waals surface area contributed by atoms with Crippen LogP contribution in [0.15, 0.2) is 53.7 Å². The van der Waals surface area contributed by atoms with Crippen LogP contribution in [0.2, 0.25) is 0 Å². The van der Waals surface area contributed by atoms with E-state index < -0.39 is 11.5 Å². The lowest BCUT2D eigenvalue weighted by molar-refractivity contribution is 0.0665. The van der Waals surface area contributed by atoms with Crippen molar-refractivity contribution in [3.63, 3.8) is 0 Å². The number of fused-ring (bicyclic) bond motifs is 1. The van der Waals surface area contributed by atoms with Crippen LogP contribution in [0, 0.1) is 5.92 Å². The molecular formula is C21H22N4O3. The Morgan fingerprint density at radius 2 is 1.86 bits per heavy atom. The van der Waals surface area contributed by atoms with Crippen molar-refractivity contribution in [1.82, 2.24) is 19.7 Å². The molecule has 144 valence electrons. The lowest BCUT2D eigenvalue weighted by Crippen LogP contribution is -2.31. The summed E-state index contributed by atoms with van der Waals surface area (Å²) in [6.07, 6.45) is 7.65. The number of benzene rings is 1. The van der Waals surface area contributed by atoms with Crippen LogP contribution in [0.3, 0.4) is 0 Å². The number of rotatable bonds is 5. The van der Waals surface area contributed by atoms with Gasteiger partial charge >= 0.3 is 0 Å². The third kappa shape index (κ3) is 4.09. The average Bonchev–Trinajstić information content (AvgIpc) is 2.74. The molecule has 1 fully saturated rings. The van der Waals surface area contributed by atoms with E-state index in [4.69, 9.17) is 4.74 Å². The highest BCUT2D eigenvalue weighted by Crippen LogP contribution is 2.19. The number of hydrogen-bond acceptors (Lipinski definition) is 5. The van der Waals surface area contributed by atoms with Crippen LogP contribution in [0.5, 0.6) is 0 Å². The minimum atomic E-state index is -0.439. The summed E-state index contributed by atoms with van der Waals surface area (Å²) in [5.74, 6) is 0.375. The monoisotopic (exact) mass is 378 g/mol. The molecule has 1 aromatic carbocycles. The van der Waals surface area contributed by atoms with Gasteiger partial charge in [-0.1, -0.05) is 30.3 Å². The number of hydrogen-bond donors (Lipinski definition) is 1. The van der Waals surface area contributed by atoms with E-state index in [0.717, 1.165) is 43.6 Å². The normalized spacial score (nSPS) is 14.9. The molecule has 1 aliphatic heterocycles. The summed E-state index contributed by atoms with van der Waals surface area (Å²) in [5.41, 5.74) is 1.53. The second-order valence-corrected chi connectivity index (χ2v) is 7.04. The third-order valence-electron chi connectivity index (χ3n) is 5.02. The van der Waals surface area contributed by atoms with Gasteiger partial charge in [-0.05, 0) is 36.3 Å². The fourth-order valence-electron chi connectivity index (χ4n) is 3.43. The van der Waals surface area contributed by atoms with E-state index in [1.807, 2.05) is 30.3 Å². The van der Waals surface area contributed by atoms with E-state index in [2.05, 4.69) is 15.3 Å². The quantitative estimate of drug-likeness (QED) is 0.734. The zero-order chi connectivity index (χ0) is 19.3. The smallest absolute Gasteiger partial charge is 0.271 e. The van der Waals surface area contributed by atoms with Gasteiger partial charge in [0.25, 0.3) is 11.5 Å². The molecule has 0 saturated carbocycles. The van der Waals surface area contributed by atoms with Crippen molar-refractivity contribution in [2.75, 3.05) is 13.2 Å². The van der Waals surface area contributed by atoms with Gasteiger partial charge in [-0.25, -0.2) is 9.97 Å². The number of amides is 1. The van der Waals surface area contributed by atoms with Crippen molar-refractivity contribution in [1.29, 1.82) is 0 Å². The van der Waals surface area contributed by atoms with Crippen LogP contribution < -0.4 is 10.9 Å². The molecule has 4 rings (SSSR count). The number of carbonyl (C=O) groups excluding carboxylic acids is 1. The van der Waals surface area contributed by atoms with E-state index in [1.165, 1.54) is 10.6 Å². The molecule has 1 aliphatic rings. The molecule has 0 aliphatic carbocycles.